The van der Waals surface area contributed by atoms with Gasteiger partial charge in [-0.15, -0.1) is 0 Å². The van der Waals surface area contributed by atoms with Gasteiger partial charge in [-0.05, 0) is 24.6 Å². The summed E-state index contributed by atoms with van der Waals surface area (Å²) in [7, 11) is 3.20. The molecule has 7 heteroatoms. The third-order valence-electron chi connectivity index (χ3n) is 2.67. The van der Waals surface area contributed by atoms with E-state index in [4.69, 9.17) is 9.84 Å². The van der Waals surface area contributed by atoms with Gasteiger partial charge in [-0.3, -0.25) is 0 Å². The number of benzene rings is 1. The van der Waals surface area contributed by atoms with E-state index in [2.05, 4.69) is 5.32 Å². The van der Waals surface area contributed by atoms with Crippen molar-refractivity contribution in [1.82, 2.24) is 4.90 Å². The number of carbonyl (C=O) groups excluding carboxylic acids is 1. The fourth-order valence-electron chi connectivity index (χ4n) is 1.53. The van der Waals surface area contributed by atoms with Gasteiger partial charge < -0.3 is 25.2 Å². The Bertz CT molecular complexity index is 490. The molecular formula is C13H18N2O5. The van der Waals surface area contributed by atoms with Gasteiger partial charge in [-0.25, -0.2) is 9.59 Å². The van der Waals surface area contributed by atoms with E-state index in [-0.39, 0.29) is 23.0 Å². The number of hydrogen-bond donors (Lipinski definition) is 3. The van der Waals surface area contributed by atoms with Crippen LogP contribution in [-0.4, -0.2) is 54.4 Å². The molecule has 0 bridgehead atoms. The highest BCUT2D eigenvalue weighted by atomic mass is 16.5. The lowest BCUT2D eigenvalue weighted by Gasteiger charge is -2.18. The Kier molecular flexibility index (Phi) is 5.79. The second kappa shape index (κ2) is 7.34. The first-order valence-electron chi connectivity index (χ1n) is 6.03. The molecule has 0 radical (unpaired) electrons. The van der Waals surface area contributed by atoms with Crippen LogP contribution < -0.4 is 5.32 Å². The zero-order valence-corrected chi connectivity index (χ0v) is 11.4. The van der Waals surface area contributed by atoms with Crippen LogP contribution in [0.25, 0.3) is 0 Å². The average molecular weight is 282 g/mol. The number of carboxylic acid groups (broad SMARTS) is 1. The summed E-state index contributed by atoms with van der Waals surface area (Å²) >= 11 is 0. The SMILES string of the molecule is COCCCN(C)C(=O)Nc1ccc(C(=O)O)cc1O. The number of carboxylic acids is 1. The van der Waals surface area contributed by atoms with Crippen molar-refractivity contribution in [1.29, 1.82) is 0 Å². The lowest BCUT2D eigenvalue weighted by Crippen LogP contribution is -2.32. The van der Waals surface area contributed by atoms with Gasteiger partial charge in [-0.1, -0.05) is 0 Å². The highest BCUT2D eigenvalue weighted by Crippen LogP contribution is 2.24. The first-order chi connectivity index (χ1) is 9.45. The first kappa shape index (κ1) is 15.8. The van der Waals surface area contributed by atoms with Crippen molar-refractivity contribution in [2.45, 2.75) is 6.42 Å². The molecule has 2 amide bonds. The highest BCUT2D eigenvalue weighted by Gasteiger charge is 2.12. The normalized spacial score (nSPS) is 10.1. The first-order valence-corrected chi connectivity index (χ1v) is 6.03. The van der Waals surface area contributed by atoms with E-state index in [0.29, 0.717) is 19.6 Å². The van der Waals surface area contributed by atoms with Crippen LogP contribution >= 0.6 is 0 Å². The van der Waals surface area contributed by atoms with Crippen LogP contribution in [0.1, 0.15) is 16.8 Å². The molecule has 1 aromatic rings. The molecule has 0 aliphatic carbocycles. The van der Waals surface area contributed by atoms with Crippen molar-refractivity contribution >= 4 is 17.7 Å². The minimum Gasteiger partial charge on any atom is -0.506 e. The van der Waals surface area contributed by atoms with Crippen LogP contribution in [0.2, 0.25) is 0 Å². The van der Waals surface area contributed by atoms with Gasteiger partial charge in [0.1, 0.15) is 5.75 Å². The minimum absolute atomic E-state index is 0.0473. The Labute approximate surface area is 116 Å². The second-order valence-electron chi connectivity index (χ2n) is 4.24. The number of phenols is 1. The second-order valence-corrected chi connectivity index (χ2v) is 4.24. The standard InChI is InChI=1S/C13H18N2O5/c1-15(6-3-7-20-2)13(19)14-10-5-4-9(12(17)18)8-11(10)16/h4-5,8,16H,3,6-7H2,1-2H3,(H,14,19)(H,17,18). The number of amides is 2. The maximum absolute atomic E-state index is 11.8. The van der Waals surface area contributed by atoms with Gasteiger partial charge in [0.25, 0.3) is 0 Å². The number of nitrogens with one attached hydrogen (secondary N) is 1. The Morgan fingerprint density at radius 3 is 2.65 bits per heavy atom. The largest absolute Gasteiger partial charge is 0.506 e. The van der Waals surface area contributed by atoms with Gasteiger partial charge in [0.15, 0.2) is 0 Å². The van der Waals surface area contributed by atoms with Crippen LogP contribution in [0.15, 0.2) is 18.2 Å². The van der Waals surface area contributed by atoms with Gasteiger partial charge in [0.2, 0.25) is 0 Å². The van der Waals surface area contributed by atoms with E-state index >= 15 is 0 Å². The maximum Gasteiger partial charge on any atom is 0.335 e. The van der Waals surface area contributed by atoms with Gasteiger partial charge in [-0.2, -0.15) is 0 Å². The van der Waals surface area contributed by atoms with E-state index in [0.717, 1.165) is 6.07 Å². The summed E-state index contributed by atoms with van der Waals surface area (Å²) in [6.07, 6.45) is 0.699. The van der Waals surface area contributed by atoms with Crippen molar-refractivity contribution in [3.63, 3.8) is 0 Å². The Morgan fingerprint density at radius 1 is 1.40 bits per heavy atom. The molecule has 7 nitrogen and oxygen atoms in total. The van der Waals surface area contributed by atoms with E-state index in [1.54, 1.807) is 14.2 Å². The average Bonchev–Trinajstić information content (AvgIpc) is 2.40. The zero-order chi connectivity index (χ0) is 15.1. The fraction of sp³-hybridized carbons (Fsp3) is 0.385. The number of ether oxygens (including phenoxy) is 1. The Balaban J connectivity index is 2.64. The van der Waals surface area contributed by atoms with E-state index < -0.39 is 5.97 Å². The number of anilines is 1. The number of phenolic OH excluding ortho intramolecular Hbond substituents is 1. The molecule has 1 rings (SSSR count). The molecule has 0 aliphatic heterocycles. The Hall–Kier alpha value is -2.28. The number of hydrogen-bond acceptors (Lipinski definition) is 4. The summed E-state index contributed by atoms with van der Waals surface area (Å²) in [5, 5.41) is 20.9. The van der Waals surface area contributed by atoms with Crippen molar-refractivity contribution in [2.75, 3.05) is 32.6 Å². The number of rotatable bonds is 6. The summed E-state index contributed by atoms with van der Waals surface area (Å²) in [4.78, 5) is 24.0. The molecule has 0 unspecified atom stereocenters. The van der Waals surface area contributed by atoms with Gasteiger partial charge in [0.05, 0.1) is 11.3 Å². The third-order valence-corrected chi connectivity index (χ3v) is 2.67. The van der Waals surface area contributed by atoms with Crippen LogP contribution in [0.5, 0.6) is 5.75 Å². The van der Waals surface area contributed by atoms with E-state index in [1.165, 1.54) is 17.0 Å². The van der Waals surface area contributed by atoms with Crippen molar-refractivity contribution in [3.8, 4) is 5.75 Å². The summed E-state index contributed by atoms with van der Waals surface area (Å²) in [6.45, 7) is 1.06. The van der Waals surface area contributed by atoms with Crippen LogP contribution in [0.3, 0.4) is 0 Å². The Morgan fingerprint density at radius 2 is 2.10 bits per heavy atom. The summed E-state index contributed by atoms with van der Waals surface area (Å²) in [6, 6.07) is 3.35. The highest BCUT2D eigenvalue weighted by molar-refractivity contribution is 5.93. The molecule has 3 N–H and O–H groups in total. The number of aromatic hydroxyl groups is 1. The molecular weight excluding hydrogens is 264 g/mol. The fourth-order valence-corrected chi connectivity index (χ4v) is 1.53. The quantitative estimate of drug-likeness (QED) is 0.543. The molecule has 0 aliphatic rings. The van der Waals surface area contributed by atoms with Crippen molar-refractivity contribution in [3.05, 3.63) is 23.8 Å². The molecule has 20 heavy (non-hydrogen) atoms. The molecule has 0 spiro atoms. The molecule has 0 saturated carbocycles. The number of urea groups is 1. The van der Waals surface area contributed by atoms with Crippen molar-refractivity contribution < 1.29 is 24.5 Å². The number of aromatic carboxylic acids is 1. The summed E-state index contributed by atoms with van der Waals surface area (Å²) in [5.41, 5.74) is 0.118. The van der Waals surface area contributed by atoms with Crippen LogP contribution in [-0.2, 0) is 4.74 Å². The molecule has 0 aromatic heterocycles. The van der Waals surface area contributed by atoms with E-state index in [9.17, 15) is 14.7 Å². The monoisotopic (exact) mass is 282 g/mol. The summed E-state index contributed by atoms with van der Waals surface area (Å²) < 4.78 is 4.89. The minimum atomic E-state index is -1.14. The smallest absolute Gasteiger partial charge is 0.335 e. The molecule has 0 heterocycles. The molecule has 0 fully saturated rings. The maximum atomic E-state index is 11.8. The van der Waals surface area contributed by atoms with Gasteiger partial charge in [0, 0.05) is 27.3 Å². The predicted molar refractivity (Wildman–Crippen MR) is 73.2 cm³/mol. The molecule has 1 aromatic carbocycles. The van der Waals surface area contributed by atoms with E-state index in [1.807, 2.05) is 0 Å². The summed E-state index contributed by atoms with van der Waals surface area (Å²) in [5.74, 6) is -1.43. The zero-order valence-electron chi connectivity index (χ0n) is 11.4. The topological polar surface area (TPSA) is 99.1 Å². The lowest BCUT2D eigenvalue weighted by atomic mass is 10.2. The molecule has 110 valence electrons. The van der Waals surface area contributed by atoms with Crippen molar-refractivity contribution in [2.24, 2.45) is 0 Å². The molecule has 0 atom stereocenters. The number of methoxy groups -OCH3 is 1. The molecule has 0 saturated heterocycles. The lowest BCUT2D eigenvalue weighted by molar-refractivity contribution is 0.0696. The van der Waals surface area contributed by atoms with Gasteiger partial charge >= 0.3 is 12.0 Å². The predicted octanol–water partition coefficient (Wildman–Crippen LogP) is 1.59. The number of carbonyl (C=O) groups is 2. The third kappa shape index (κ3) is 4.43. The number of nitrogens with zero attached hydrogens (tertiary/aromatic N) is 1. The van der Waals surface area contributed by atoms with Crippen LogP contribution in [0.4, 0.5) is 10.5 Å². The van der Waals surface area contributed by atoms with Crippen LogP contribution in [0, 0.1) is 0 Å².